The fraction of sp³-hybridized carbons (Fsp3) is 0.833. The average molecular weight is 641 g/mol. The van der Waals surface area contributed by atoms with Gasteiger partial charge in [0.15, 0.2) is 0 Å². The van der Waals surface area contributed by atoms with Gasteiger partial charge in [0.25, 0.3) is 0 Å². The summed E-state index contributed by atoms with van der Waals surface area (Å²) >= 11 is 0. The van der Waals surface area contributed by atoms with Crippen molar-refractivity contribution < 1.29 is 0 Å². The molecule has 0 heterocycles. The summed E-state index contributed by atoms with van der Waals surface area (Å²) < 4.78 is 0. The number of fused-ring (bicyclic) bond motifs is 36. The monoisotopic (exact) mass is 641 g/mol. The maximum Gasteiger partial charge on any atom is -0.0194 e. The first kappa shape index (κ1) is 28.5. The first-order valence-electron chi connectivity index (χ1n) is 22.5. The molecule has 0 aliphatic heterocycles. The summed E-state index contributed by atoms with van der Waals surface area (Å²) in [6.07, 6.45) is 45.4. The molecule has 0 spiro atoms. The Morgan fingerprint density at radius 1 is 0.188 bits per heavy atom. The van der Waals surface area contributed by atoms with Crippen molar-refractivity contribution in [3.05, 3.63) is 48.6 Å². The van der Waals surface area contributed by atoms with Crippen LogP contribution in [0.15, 0.2) is 48.6 Å². The standard InChI is InChI=1S/4C12H16/c4*1-2-8-5-7(1)11-9-3-4-10(6-9)12(8)11/h4*1-2,7-12H,3-6H2. The summed E-state index contributed by atoms with van der Waals surface area (Å²) in [6.45, 7) is 0. The molecule has 48 heavy (non-hydrogen) atoms. The molecule has 16 rings (SSSR count). The highest BCUT2D eigenvalue weighted by Gasteiger charge is 2.60. The highest BCUT2D eigenvalue weighted by atomic mass is 14.7. The molecule has 12 fully saturated rings. The van der Waals surface area contributed by atoms with Crippen LogP contribution < -0.4 is 0 Å². The van der Waals surface area contributed by atoms with Crippen LogP contribution in [0.1, 0.15) is 103 Å². The Labute approximate surface area is 292 Å². The summed E-state index contributed by atoms with van der Waals surface area (Å²) in [7, 11) is 0. The summed E-state index contributed by atoms with van der Waals surface area (Å²) in [4.78, 5) is 0. The molecule has 256 valence electrons. The van der Waals surface area contributed by atoms with Crippen LogP contribution in [-0.2, 0) is 0 Å². The summed E-state index contributed by atoms with van der Waals surface area (Å²) in [6, 6.07) is 0. The Balaban J connectivity index is 0.0000000714. The first-order chi connectivity index (χ1) is 23.7. The Morgan fingerprint density at radius 3 is 0.479 bits per heavy atom. The van der Waals surface area contributed by atoms with Gasteiger partial charge < -0.3 is 0 Å². The Hall–Kier alpha value is -1.04. The van der Waals surface area contributed by atoms with Gasteiger partial charge in [-0.15, -0.1) is 0 Å². The molecule has 0 aromatic rings. The fourth-order valence-corrected chi connectivity index (χ4v) is 19.9. The lowest BCUT2D eigenvalue weighted by atomic mass is 9.73. The van der Waals surface area contributed by atoms with Crippen molar-refractivity contribution in [3.8, 4) is 0 Å². The SMILES string of the molecule is C1=CC2CC1C1C3CCC(C3)C21.C1=CC2CC1C1C3CCC(C3)C21.C1=CC2CC1C1C3CCC(C3)C21.C1=CC2CC1C1C3CCC(C3)C21. The number of allylic oxidation sites excluding steroid dienone is 8. The quantitative estimate of drug-likeness (QED) is 0.183. The van der Waals surface area contributed by atoms with E-state index in [1.54, 1.807) is 77.0 Å². The third kappa shape index (κ3) is 3.81. The molecule has 0 N–H and O–H groups in total. The minimum absolute atomic E-state index is 1.02. The van der Waals surface area contributed by atoms with Crippen molar-refractivity contribution in [2.24, 2.45) is 142 Å². The second kappa shape index (κ2) is 10.3. The maximum atomic E-state index is 2.53. The highest BCUT2D eigenvalue weighted by molar-refractivity contribution is 5.22. The highest BCUT2D eigenvalue weighted by Crippen LogP contribution is 2.68. The van der Waals surface area contributed by atoms with Gasteiger partial charge in [0, 0.05) is 0 Å². The van der Waals surface area contributed by atoms with Crippen LogP contribution >= 0.6 is 0 Å². The van der Waals surface area contributed by atoms with E-state index in [1.807, 2.05) is 0 Å². The predicted molar refractivity (Wildman–Crippen MR) is 194 cm³/mol. The van der Waals surface area contributed by atoms with Gasteiger partial charge in [-0.3, -0.25) is 0 Å². The molecule has 16 aliphatic rings. The molecule has 12 saturated carbocycles. The molecular weight excluding hydrogens is 577 g/mol. The first-order valence-corrected chi connectivity index (χ1v) is 22.5. The van der Waals surface area contributed by atoms with E-state index in [0.717, 1.165) is 142 Å². The van der Waals surface area contributed by atoms with Crippen molar-refractivity contribution in [1.29, 1.82) is 0 Å². The molecule has 0 aromatic heterocycles. The number of hydrogen-bond donors (Lipinski definition) is 0. The molecule has 16 aliphatic carbocycles. The third-order valence-corrected chi connectivity index (χ3v) is 20.7. The minimum Gasteiger partial charge on any atom is -0.0848 e. The van der Waals surface area contributed by atoms with E-state index in [2.05, 4.69) is 48.6 Å². The zero-order valence-corrected chi connectivity index (χ0v) is 29.8. The van der Waals surface area contributed by atoms with E-state index >= 15 is 0 Å². The molecule has 0 nitrogen and oxygen atoms in total. The molecule has 24 atom stereocenters. The molecule has 0 amide bonds. The zero-order valence-electron chi connectivity index (χ0n) is 29.8. The molecule has 0 radical (unpaired) electrons. The van der Waals surface area contributed by atoms with Crippen LogP contribution in [0.25, 0.3) is 0 Å². The Kier molecular flexibility index (Phi) is 6.12. The average Bonchev–Trinajstić information content (AvgIpc) is 4.01. The van der Waals surface area contributed by atoms with Gasteiger partial charge in [-0.2, -0.15) is 0 Å². The van der Waals surface area contributed by atoms with Gasteiger partial charge in [-0.1, -0.05) is 48.6 Å². The fourth-order valence-electron chi connectivity index (χ4n) is 19.9. The zero-order chi connectivity index (χ0) is 30.8. The van der Waals surface area contributed by atoms with Crippen LogP contribution in [0.4, 0.5) is 0 Å². The number of hydrogen-bond acceptors (Lipinski definition) is 0. The van der Waals surface area contributed by atoms with Gasteiger partial charge in [0.1, 0.15) is 0 Å². The molecule has 0 heteroatoms. The predicted octanol–water partition coefficient (Wildman–Crippen LogP) is 11.4. The van der Waals surface area contributed by atoms with Gasteiger partial charge in [0.05, 0.1) is 0 Å². The number of rotatable bonds is 0. The third-order valence-electron chi connectivity index (χ3n) is 20.7. The van der Waals surface area contributed by atoms with Crippen LogP contribution in [0, 0.1) is 142 Å². The largest absolute Gasteiger partial charge is 0.0848 e. The van der Waals surface area contributed by atoms with E-state index in [-0.39, 0.29) is 0 Å². The summed E-state index contributed by atoms with van der Waals surface area (Å²) in [5, 5.41) is 0. The second-order valence-electron chi connectivity index (χ2n) is 21.7. The van der Waals surface area contributed by atoms with Crippen LogP contribution in [-0.4, -0.2) is 0 Å². The van der Waals surface area contributed by atoms with Crippen molar-refractivity contribution >= 4 is 0 Å². The van der Waals surface area contributed by atoms with Crippen molar-refractivity contribution in [2.45, 2.75) is 103 Å². The van der Waals surface area contributed by atoms with Gasteiger partial charge in [-0.05, 0) is 245 Å². The Morgan fingerprint density at radius 2 is 0.333 bits per heavy atom. The summed E-state index contributed by atoms with van der Waals surface area (Å²) in [5.74, 6) is 26.6. The topological polar surface area (TPSA) is 0 Å². The van der Waals surface area contributed by atoms with Gasteiger partial charge in [-0.25, -0.2) is 0 Å². The van der Waals surface area contributed by atoms with Gasteiger partial charge >= 0.3 is 0 Å². The van der Waals surface area contributed by atoms with Crippen molar-refractivity contribution in [2.75, 3.05) is 0 Å². The van der Waals surface area contributed by atoms with E-state index in [0.29, 0.717) is 0 Å². The van der Waals surface area contributed by atoms with Crippen molar-refractivity contribution in [1.82, 2.24) is 0 Å². The van der Waals surface area contributed by atoms with Gasteiger partial charge in [0.2, 0.25) is 0 Å². The summed E-state index contributed by atoms with van der Waals surface area (Å²) in [5.41, 5.74) is 0. The lowest BCUT2D eigenvalue weighted by Crippen LogP contribution is -2.25. The minimum atomic E-state index is 1.02. The van der Waals surface area contributed by atoms with Crippen molar-refractivity contribution in [3.63, 3.8) is 0 Å². The van der Waals surface area contributed by atoms with Crippen LogP contribution in [0.5, 0.6) is 0 Å². The lowest BCUT2D eigenvalue weighted by molar-refractivity contribution is 0.206. The van der Waals surface area contributed by atoms with E-state index in [1.165, 1.54) is 25.7 Å². The maximum absolute atomic E-state index is 2.53. The lowest BCUT2D eigenvalue weighted by Gasteiger charge is -2.31. The second-order valence-corrected chi connectivity index (χ2v) is 21.7. The molecule has 0 saturated heterocycles. The van der Waals surface area contributed by atoms with E-state index < -0.39 is 0 Å². The van der Waals surface area contributed by atoms with E-state index in [9.17, 15) is 0 Å². The Bertz CT molecular complexity index is 1130. The van der Waals surface area contributed by atoms with Crippen LogP contribution in [0.2, 0.25) is 0 Å². The van der Waals surface area contributed by atoms with Crippen LogP contribution in [0.3, 0.4) is 0 Å². The smallest absolute Gasteiger partial charge is 0.0194 e. The molecular formula is C48H64. The van der Waals surface area contributed by atoms with E-state index in [4.69, 9.17) is 0 Å². The molecule has 16 bridgehead atoms. The molecule has 24 unspecified atom stereocenters. The molecule has 0 aromatic carbocycles. The normalized spacial score (nSPS) is 64.7.